The van der Waals surface area contributed by atoms with Crippen LogP contribution in [0, 0.1) is 5.92 Å². The predicted octanol–water partition coefficient (Wildman–Crippen LogP) is 3.82. The van der Waals surface area contributed by atoms with E-state index in [9.17, 15) is 27.6 Å². The molecule has 0 aliphatic carbocycles. The summed E-state index contributed by atoms with van der Waals surface area (Å²) in [5.41, 5.74) is 0.551. The molecule has 0 bridgehead atoms. The maximum absolute atomic E-state index is 13.0. The van der Waals surface area contributed by atoms with Crippen LogP contribution in [0.5, 0.6) is 0 Å². The van der Waals surface area contributed by atoms with Gasteiger partial charge in [0.05, 0.1) is 11.5 Å². The third kappa shape index (κ3) is 4.40. The highest BCUT2D eigenvalue weighted by atomic mass is 19.4. The smallest absolute Gasteiger partial charge is 0.326 e. The van der Waals surface area contributed by atoms with Crippen molar-refractivity contribution in [2.45, 2.75) is 25.4 Å². The van der Waals surface area contributed by atoms with E-state index in [1.54, 1.807) is 29.2 Å². The normalized spacial score (nSPS) is 19.3. The summed E-state index contributed by atoms with van der Waals surface area (Å²) in [6, 6.07) is 11.4. The topological polar surface area (TPSA) is 69.7 Å². The number of hydrogen-bond acceptors (Lipinski definition) is 3. The van der Waals surface area contributed by atoms with Crippen LogP contribution in [0.25, 0.3) is 0 Å². The first-order chi connectivity index (χ1) is 14.7. The summed E-state index contributed by atoms with van der Waals surface area (Å²) in [6.07, 6.45) is -3.25. The lowest BCUT2D eigenvalue weighted by Crippen LogP contribution is -2.28. The molecule has 6 nitrogen and oxygen atoms in total. The summed E-state index contributed by atoms with van der Waals surface area (Å²) < 4.78 is 38.9. The van der Waals surface area contributed by atoms with Gasteiger partial charge in [-0.05, 0) is 48.9 Å². The van der Waals surface area contributed by atoms with Gasteiger partial charge in [0, 0.05) is 43.0 Å². The zero-order valence-electron chi connectivity index (χ0n) is 16.5. The van der Waals surface area contributed by atoms with Crippen LogP contribution in [0.1, 0.15) is 24.8 Å². The standard InChI is InChI=1S/C22H20F3N3O3/c23-22(24,25)15-3-1-4-18(12-15)28-13-14(11-20(28)30)21(31)26-16-6-8-17(9-7-16)27-10-2-5-19(27)29/h1,3-4,6-9,12,14H,2,5,10-11,13H2,(H,26,31)/t14-/m1/s1. The Labute approximate surface area is 176 Å². The molecule has 2 aromatic carbocycles. The molecule has 31 heavy (non-hydrogen) atoms. The molecule has 2 aromatic rings. The van der Waals surface area contributed by atoms with Gasteiger partial charge in [-0.3, -0.25) is 14.4 Å². The summed E-state index contributed by atoms with van der Waals surface area (Å²) in [4.78, 5) is 39.7. The van der Waals surface area contributed by atoms with Crippen molar-refractivity contribution in [3.05, 3.63) is 54.1 Å². The van der Waals surface area contributed by atoms with Crippen molar-refractivity contribution < 1.29 is 27.6 Å². The van der Waals surface area contributed by atoms with Gasteiger partial charge >= 0.3 is 6.18 Å². The number of halogens is 3. The molecule has 0 spiro atoms. The van der Waals surface area contributed by atoms with E-state index in [0.29, 0.717) is 18.7 Å². The second-order valence-electron chi connectivity index (χ2n) is 7.64. The van der Waals surface area contributed by atoms with E-state index >= 15 is 0 Å². The Morgan fingerprint density at radius 1 is 0.968 bits per heavy atom. The average molecular weight is 431 g/mol. The molecule has 3 amide bonds. The maximum atomic E-state index is 13.0. The van der Waals surface area contributed by atoms with E-state index in [-0.39, 0.29) is 30.5 Å². The minimum absolute atomic E-state index is 0.00629. The Bertz CT molecular complexity index is 1020. The first-order valence-electron chi connectivity index (χ1n) is 9.91. The van der Waals surface area contributed by atoms with Crippen LogP contribution in [0.3, 0.4) is 0 Å². The minimum atomic E-state index is -4.51. The second kappa shape index (κ2) is 8.05. The van der Waals surface area contributed by atoms with Crippen molar-refractivity contribution >= 4 is 34.8 Å². The molecule has 1 atom stereocenters. The lowest BCUT2D eigenvalue weighted by Gasteiger charge is -2.18. The van der Waals surface area contributed by atoms with Crippen LogP contribution in [-0.4, -0.2) is 30.8 Å². The quantitative estimate of drug-likeness (QED) is 0.800. The largest absolute Gasteiger partial charge is 0.416 e. The molecule has 2 heterocycles. The van der Waals surface area contributed by atoms with E-state index in [0.717, 1.165) is 24.2 Å². The van der Waals surface area contributed by atoms with Crippen molar-refractivity contribution in [2.24, 2.45) is 5.92 Å². The Morgan fingerprint density at radius 3 is 2.35 bits per heavy atom. The Kier molecular flexibility index (Phi) is 5.43. The van der Waals surface area contributed by atoms with Gasteiger partial charge < -0.3 is 15.1 Å². The number of carbonyl (C=O) groups excluding carboxylic acids is 3. The van der Waals surface area contributed by atoms with Gasteiger partial charge in [0.1, 0.15) is 0 Å². The second-order valence-corrected chi connectivity index (χ2v) is 7.64. The molecular formula is C22H20F3N3O3. The van der Waals surface area contributed by atoms with Crippen LogP contribution >= 0.6 is 0 Å². The molecule has 9 heteroatoms. The monoisotopic (exact) mass is 431 g/mol. The average Bonchev–Trinajstić information content (AvgIpc) is 3.34. The fraction of sp³-hybridized carbons (Fsp3) is 0.318. The van der Waals surface area contributed by atoms with Gasteiger partial charge in [-0.25, -0.2) is 0 Å². The van der Waals surface area contributed by atoms with Crippen molar-refractivity contribution in [3.63, 3.8) is 0 Å². The first-order valence-corrected chi connectivity index (χ1v) is 9.91. The number of alkyl halides is 3. The van der Waals surface area contributed by atoms with E-state index in [1.165, 1.54) is 17.0 Å². The summed E-state index contributed by atoms with van der Waals surface area (Å²) in [7, 11) is 0. The molecular weight excluding hydrogens is 411 g/mol. The molecule has 0 radical (unpaired) electrons. The van der Waals surface area contributed by atoms with Gasteiger partial charge in [-0.15, -0.1) is 0 Å². The number of carbonyl (C=O) groups is 3. The SMILES string of the molecule is O=C(Nc1ccc(N2CCCC2=O)cc1)[C@@H]1CC(=O)N(c2cccc(C(F)(F)F)c2)C1. The highest BCUT2D eigenvalue weighted by Gasteiger charge is 2.37. The van der Waals surface area contributed by atoms with E-state index in [4.69, 9.17) is 0 Å². The molecule has 0 saturated carbocycles. The summed E-state index contributed by atoms with van der Waals surface area (Å²) in [6.45, 7) is 0.673. The van der Waals surface area contributed by atoms with Gasteiger partial charge in [0.2, 0.25) is 17.7 Å². The fourth-order valence-electron chi connectivity index (χ4n) is 3.87. The molecule has 0 aromatic heterocycles. The minimum Gasteiger partial charge on any atom is -0.326 e. The van der Waals surface area contributed by atoms with E-state index in [1.807, 2.05) is 0 Å². The Morgan fingerprint density at radius 2 is 1.71 bits per heavy atom. The molecule has 0 unspecified atom stereocenters. The summed E-state index contributed by atoms with van der Waals surface area (Å²) in [5.74, 6) is -1.40. The lowest BCUT2D eigenvalue weighted by molar-refractivity contribution is -0.137. The molecule has 2 saturated heterocycles. The zero-order chi connectivity index (χ0) is 22.2. The van der Waals surface area contributed by atoms with Crippen molar-refractivity contribution in [3.8, 4) is 0 Å². The molecule has 1 N–H and O–H groups in total. The maximum Gasteiger partial charge on any atom is 0.416 e. The molecule has 162 valence electrons. The molecule has 2 aliphatic rings. The van der Waals surface area contributed by atoms with Gasteiger partial charge in [0.25, 0.3) is 0 Å². The van der Waals surface area contributed by atoms with Crippen molar-refractivity contribution in [1.29, 1.82) is 0 Å². The molecule has 2 fully saturated rings. The zero-order valence-corrected chi connectivity index (χ0v) is 16.5. The van der Waals surface area contributed by atoms with Crippen LogP contribution in [-0.2, 0) is 20.6 Å². The number of nitrogens with one attached hydrogen (secondary N) is 1. The molecule has 2 aliphatic heterocycles. The third-order valence-corrected chi connectivity index (χ3v) is 5.50. The summed E-state index contributed by atoms with van der Waals surface area (Å²) in [5, 5.41) is 2.74. The fourth-order valence-corrected chi connectivity index (χ4v) is 3.87. The Balaban J connectivity index is 1.41. The summed E-state index contributed by atoms with van der Waals surface area (Å²) >= 11 is 0. The van der Waals surface area contributed by atoms with Crippen molar-refractivity contribution in [1.82, 2.24) is 0 Å². The first kappa shape index (κ1) is 20.9. The number of benzene rings is 2. The number of amides is 3. The van der Waals surface area contributed by atoms with Crippen LogP contribution < -0.4 is 15.1 Å². The predicted molar refractivity (Wildman–Crippen MR) is 109 cm³/mol. The highest BCUT2D eigenvalue weighted by molar-refractivity contribution is 6.03. The Hall–Kier alpha value is -3.36. The van der Waals surface area contributed by atoms with E-state index < -0.39 is 23.6 Å². The van der Waals surface area contributed by atoms with Gasteiger partial charge in [-0.1, -0.05) is 6.07 Å². The third-order valence-electron chi connectivity index (χ3n) is 5.50. The van der Waals surface area contributed by atoms with Crippen LogP contribution in [0.4, 0.5) is 30.2 Å². The molecule has 4 rings (SSSR count). The number of anilines is 3. The van der Waals surface area contributed by atoms with Crippen LogP contribution in [0.2, 0.25) is 0 Å². The number of rotatable bonds is 4. The van der Waals surface area contributed by atoms with Gasteiger partial charge in [0.15, 0.2) is 0 Å². The number of nitrogens with zero attached hydrogens (tertiary/aromatic N) is 2. The van der Waals surface area contributed by atoms with Crippen LogP contribution in [0.15, 0.2) is 48.5 Å². The number of hydrogen-bond donors (Lipinski definition) is 1. The highest BCUT2D eigenvalue weighted by Crippen LogP contribution is 2.33. The van der Waals surface area contributed by atoms with Gasteiger partial charge in [-0.2, -0.15) is 13.2 Å². The van der Waals surface area contributed by atoms with Crippen molar-refractivity contribution in [2.75, 3.05) is 28.2 Å². The van der Waals surface area contributed by atoms with E-state index in [2.05, 4.69) is 5.32 Å². The lowest BCUT2D eigenvalue weighted by atomic mass is 10.1.